The molecule has 0 saturated carbocycles. The Balaban J connectivity index is 1.38. The Bertz CT molecular complexity index is 782. The van der Waals surface area contributed by atoms with Gasteiger partial charge in [0.25, 0.3) is 5.91 Å². The average Bonchev–Trinajstić information content (AvgIpc) is 3.27. The van der Waals surface area contributed by atoms with Crippen LogP contribution in [0.3, 0.4) is 0 Å². The van der Waals surface area contributed by atoms with E-state index in [2.05, 4.69) is 20.1 Å². The van der Waals surface area contributed by atoms with Crippen molar-refractivity contribution in [3.05, 3.63) is 35.3 Å². The number of hydrogen-bond acceptors (Lipinski definition) is 6. The van der Waals surface area contributed by atoms with Gasteiger partial charge in [-0.25, -0.2) is 0 Å². The van der Waals surface area contributed by atoms with Crippen molar-refractivity contribution in [2.45, 2.75) is 56.4 Å². The van der Waals surface area contributed by atoms with Gasteiger partial charge < -0.3 is 19.0 Å². The number of furan rings is 1. The maximum absolute atomic E-state index is 12.5. The zero-order valence-corrected chi connectivity index (χ0v) is 16.5. The molecule has 1 N–H and O–H groups in total. The molecule has 0 aromatic carbocycles. The zero-order chi connectivity index (χ0) is 18.6. The molecule has 1 saturated heterocycles. The van der Waals surface area contributed by atoms with Crippen LogP contribution in [-0.2, 0) is 23.5 Å². The molecular formula is C19H26N4O3S. The molecule has 4 heterocycles. The number of carbonyl (C=O) groups excluding carboxylic acids is 1. The monoisotopic (exact) mass is 390 g/mol. The summed E-state index contributed by atoms with van der Waals surface area (Å²) >= 11 is 1.68. The fourth-order valence-electron chi connectivity index (χ4n) is 3.89. The maximum Gasteiger partial charge on any atom is 0.287 e. The third-order valence-corrected chi connectivity index (χ3v) is 5.94. The van der Waals surface area contributed by atoms with Crippen LogP contribution in [0.1, 0.15) is 59.6 Å². The number of carbonyl (C=O) groups is 1. The predicted octanol–water partition coefficient (Wildman–Crippen LogP) is 2.76. The summed E-state index contributed by atoms with van der Waals surface area (Å²) < 4.78 is 13.4. The van der Waals surface area contributed by atoms with E-state index < -0.39 is 0 Å². The first-order valence-electron chi connectivity index (χ1n) is 9.63. The highest BCUT2D eigenvalue weighted by molar-refractivity contribution is 7.97. The third-order valence-electron chi connectivity index (χ3n) is 5.37. The summed E-state index contributed by atoms with van der Waals surface area (Å²) in [7, 11) is 0. The van der Waals surface area contributed by atoms with E-state index in [1.807, 2.05) is 12.3 Å². The molecule has 146 valence electrons. The summed E-state index contributed by atoms with van der Waals surface area (Å²) in [5.41, 5.74) is 0. The van der Waals surface area contributed by atoms with Crippen LogP contribution in [0, 0.1) is 0 Å². The quantitative estimate of drug-likeness (QED) is 0.845. The second-order valence-corrected chi connectivity index (χ2v) is 8.08. The second kappa shape index (κ2) is 8.48. The number of rotatable bonds is 5. The van der Waals surface area contributed by atoms with E-state index in [0.717, 1.165) is 75.0 Å². The van der Waals surface area contributed by atoms with Gasteiger partial charge in [0.15, 0.2) is 5.76 Å². The van der Waals surface area contributed by atoms with Gasteiger partial charge in [-0.2, -0.15) is 11.8 Å². The molecule has 8 heteroatoms. The smallest absolute Gasteiger partial charge is 0.287 e. The van der Waals surface area contributed by atoms with Crippen LogP contribution in [-0.4, -0.2) is 46.2 Å². The number of aryl methyl sites for hydroxylation is 1. The van der Waals surface area contributed by atoms with Crippen molar-refractivity contribution in [1.29, 1.82) is 0 Å². The molecule has 0 aliphatic carbocycles. The first-order valence-corrected chi connectivity index (χ1v) is 11.0. The molecular weight excluding hydrogens is 364 g/mol. The van der Waals surface area contributed by atoms with Crippen molar-refractivity contribution in [3.63, 3.8) is 0 Å². The lowest BCUT2D eigenvalue weighted by molar-refractivity contribution is 0.0826. The SMILES string of the molecule is CSCc1ccc(C(=O)NC2CCc3nnc(C4CCOCC4)n3CC2)o1. The highest BCUT2D eigenvalue weighted by atomic mass is 32.2. The third kappa shape index (κ3) is 4.21. The number of ether oxygens (including phenoxy) is 1. The fraction of sp³-hybridized carbons (Fsp3) is 0.632. The van der Waals surface area contributed by atoms with Crippen LogP contribution in [0.25, 0.3) is 0 Å². The van der Waals surface area contributed by atoms with E-state index in [-0.39, 0.29) is 11.9 Å². The minimum absolute atomic E-state index is 0.121. The van der Waals surface area contributed by atoms with Crippen LogP contribution in [0.15, 0.2) is 16.5 Å². The van der Waals surface area contributed by atoms with Crippen molar-refractivity contribution in [3.8, 4) is 0 Å². The molecule has 0 radical (unpaired) electrons. The number of amides is 1. The van der Waals surface area contributed by atoms with Crippen LogP contribution in [0.2, 0.25) is 0 Å². The molecule has 1 atom stereocenters. The van der Waals surface area contributed by atoms with E-state index in [0.29, 0.717) is 11.7 Å². The molecule has 2 aromatic heterocycles. The van der Waals surface area contributed by atoms with Crippen LogP contribution < -0.4 is 5.32 Å². The van der Waals surface area contributed by atoms with E-state index >= 15 is 0 Å². The first kappa shape index (κ1) is 18.6. The summed E-state index contributed by atoms with van der Waals surface area (Å²) in [5, 5.41) is 12.0. The molecule has 1 unspecified atom stereocenters. The lowest BCUT2D eigenvalue weighted by Gasteiger charge is -2.22. The van der Waals surface area contributed by atoms with Gasteiger partial charge in [0.1, 0.15) is 17.4 Å². The van der Waals surface area contributed by atoms with Crippen molar-refractivity contribution in [1.82, 2.24) is 20.1 Å². The summed E-state index contributed by atoms with van der Waals surface area (Å²) in [6.07, 6.45) is 6.61. The van der Waals surface area contributed by atoms with Crippen LogP contribution >= 0.6 is 11.8 Å². The van der Waals surface area contributed by atoms with Crippen LogP contribution in [0.5, 0.6) is 0 Å². The summed E-state index contributed by atoms with van der Waals surface area (Å²) in [6.45, 7) is 2.44. The Kier molecular flexibility index (Phi) is 5.83. The maximum atomic E-state index is 12.5. The lowest BCUT2D eigenvalue weighted by atomic mass is 9.99. The summed E-state index contributed by atoms with van der Waals surface area (Å²) in [5.74, 6) is 4.44. The molecule has 1 fully saturated rings. The van der Waals surface area contributed by atoms with Crippen molar-refractivity contribution in [2.24, 2.45) is 0 Å². The molecule has 0 spiro atoms. The van der Waals surface area contributed by atoms with E-state index in [1.54, 1.807) is 17.8 Å². The fourth-order valence-corrected chi connectivity index (χ4v) is 4.33. The standard InChI is InChI=1S/C19H26N4O3S/c1-27-12-15-3-4-16(26-15)19(24)20-14-2-5-17-21-22-18(23(17)9-6-14)13-7-10-25-11-8-13/h3-4,13-14H,2,5-12H2,1H3,(H,20,24). The van der Waals surface area contributed by atoms with Gasteiger partial charge >= 0.3 is 0 Å². The second-order valence-electron chi connectivity index (χ2n) is 7.21. The van der Waals surface area contributed by atoms with Crippen molar-refractivity contribution < 1.29 is 13.9 Å². The number of thioether (sulfide) groups is 1. The molecule has 2 aliphatic heterocycles. The molecule has 4 rings (SSSR count). The van der Waals surface area contributed by atoms with Crippen molar-refractivity contribution >= 4 is 17.7 Å². The molecule has 1 amide bonds. The van der Waals surface area contributed by atoms with Gasteiger partial charge in [0, 0.05) is 38.1 Å². The largest absolute Gasteiger partial charge is 0.455 e. The zero-order valence-electron chi connectivity index (χ0n) is 15.6. The number of aromatic nitrogens is 3. The highest BCUT2D eigenvalue weighted by Crippen LogP contribution is 2.28. The Morgan fingerprint density at radius 3 is 2.93 bits per heavy atom. The summed E-state index contributed by atoms with van der Waals surface area (Å²) in [6, 6.07) is 3.76. The van der Waals surface area contributed by atoms with Gasteiger partial charge in [-0.1, -0.05) is 0 Å². The minimum Gasteiger partial charge on any atom is -0.455 e. The Hall–Kier alpha value is -1.80. The Morgan fingerprint density at radius 2 is 2.11 bits per heavy atom. The van der Waals surface area contributed by atoms with Crippen LogP contribution in [0.4, 0.5) is 0 Å². The minimum atomic E-state index is -0.130. The topological polar surface area (TPSA) is 82.2 Å². The average molecular weight is 391 g/mol. The lowest BCUT2D eigenvalue weighted by Crippen LogP contribution is -2.35. The number of nitrogens with one attached hydrogen (secondary N) is 1. The van der Waals surface area contributed by atoms with E-state index in [9.17, 15) is 4.79 Å². The van der Waals surface area contributed by atoms with Gasteiger partial charge in [-0.05, 0) is 44.1 Å². The number of nitrogens with zero attached hydrogens (tertiary/aromatic N) is 3. The van der Waals surface area contributed by atoms with Crippen molar-refractivity contribution in [2.75, 3.05) is 19.5 Å². The van der Waals surface area contributed by atoms with Gasteiger partial charge in [-0.3, -0.25) is 4.79 Å². The van der Waals surface area contributed by atoms with Gasteiger partial charge in [-0.15, -0.1) is 10.2 Å². The normalized spacial score (nSPS) is 20.9. The molecule has 2 aromatic rings. The first-order chi connectivity index (χ1) is 13.2. The number of fused-ring (bicyclic) bond motifs is 1. The molecule has 0 bridgehead atoms. The Morgan fingerprint density at radius 1 is 1.26 bits per heavy atom. The predicted molar refractivity (Wildman–Crippen MR) is 103 cm³/mol. The number of hydrogen-bond donors (Lipinski definition) is 1. The van der Waals surface area contributed by atoms with Gasteiger partial charge in [0.2, 0.25) is 0 Å². The van der Waals surface area contributed by atoms with E-state index in [1.165, 1.54) is 0 Å². The molecule has 27 heavy (non-hydrogen) atoms. The highest BCUT2D eigenvalue weighted by Gasteiger charge is 2.27. The van der Waals surface area contributed by atoms with Gasteiger partial charge in [0.05, 0.1) is 5.75 Å². The van der Waals surface area contributed by atoms with E-state index in [4.69, 9.17) is 9.15 Å². The molecule has 7 nitrogen and oxygen atoms in total. The Labute approximate surface area is 163 Å². The summed E-state index contributed by atoms with van der Waals surface area (Å²) in [4.78, 5) is 12.5. The molecule has 2 aliphatic rings.